The summed E-state index contributed by atoms with van der Waals surface area (Å²) in [6.45, 7) is 7.42. The van der Waals surface area contributed by atoms with Crippen LogP contribution in [-0.2, 0) is 19.2 Å². The zero-order valence-electron chi connectivity index (χ0n) is 29.7. The number of hydrogen-bond donors (Lipinski definition) is 1. The van der Waals surface area contributed by atoms with Crippen molar-refractivity contribution in [3.05, 3.63) is 95.1 Å². The first-order valence-electron chi connectivity index (χ1n) is 17.5. The van der Waals surface area contributed by atoms with Crippen LogP contribution in [0.5, 0.6) is 11.5 Å². The minimum Gasteiger partial charge on any atom is -0.504 e. The van der Waals surface area contributed by atoms with Crippen LogP contribution in [0.3, 0.4) is 0 Å². The van der Waals surface area contributed by atoms with Crippen molar-refractivity contribution < 1.29 is 29.0 Å². The average molecular weight is 687 g/mol. The van der Waals surface area contributed by atoms with Gasteiger partial charge in [0.05, 0.1) is 40.9 Å². The molecule has 0 radical (unpaired) electrons. The van der Waals surface area contributed by atoms with Gasteiger partial charge in [0.25, 0.3) is 0 Å². The van der Waals surface area contributed by atoms with Crippen LogP contribution in [0.15, 0.2) is 99.8 Å². The molecule has 1 heterocycles. The normalized spacial score (nSPS) is 27.4. The lowest BCUT2D eigenvalue weighted by Crippen LogP contribution is -2.55. The lowest BCUT2D eigenvalue weighted by atomic mass is 9.46. The molecule has 0 spiro atoms. The van der Waals surface area contributed by atoms with E-state index in [0.29, 0.717) is 41.2 Å². The molecule has 10 heteroatoms. The monoisotopic (exact) mass is 686 g/mol. The van der Waals surface area contributed by atoms with Crippen LogP contribution < -0.4 is 14.5 Å². The van der Waals surface area contributed by atoms with E-state index in [1.54, 1.807) is 56.3 Å². The molecule has 3 aromatic carbocycles. The second-order valence-corrected chi connectivity index (χ2v) is 14.4. The van der Waals surface area contributed by atoms with Crippen molar-refractivity contribution in [2.75, 3.05) is 30.5 Å². The maximum atomic E-state index is 14.4. The number of phenolic OH excluding ortho intramolecular Hbond substituents is 1. The number of anilines is 2. The first-order chi connectivity index (χ1) is 24.4. The Morgan fingerprint density at radius 3 is 2.16 bits per heavy atom. The molecular weight excluding hydrogens is 644 g/mol. The lowest BCUT2D eigenvalue weighted by Gasteiger charge is -2.54. The zero-order valence-corrected chi connectivity index (χ0v) is 29.7. The van der Waals surface area contributed by atoms with Gasteiger partial charge in [-0.15, -0.1) is 0 Å². The second-order valence-electron chi connectivity index (χ2n) is 14.4. The SMILES string of the molecule is CCOc1cc([C@H]2C3=CC[C@@H]4C(=O)N(c5ccc(N=Nc6ccc(N(C)C)cc6)cc5)C(=O)[C@@H]4[C@@H]3C[C@H]3C(=O)C(C)=C(C)C(=O)[C@@]23C)ccc1O. The van der Waals surface area contributed by atoms with Crippen LogP contribution >= 0.6 is 0 Å². The molecule has 4 aliphatic rings. The lowest BCUT2D eigenvalue weighted by molar-refractivity contribution is -0.142. The number of carbonyl (C=O) groups is 4. The van der Waals surface area contributed by atoms with Gasteiger partial charge in [-0.3, -0.25) is 24.1 Å². The number of rotatable bonds is 7. The smallest absolute Gasteiger partial charge is 0.238 e. The van der Waals surface area contributed by atoms with Crippen molar-refractivity contribution in [1.29, 1.82) is 0 Å². The molecule has 10 nitrogen and oxygen atoms in total. The van der Waals surface area contributed by atoms with Crippen molar-refractivity contribution in [3.8, 4) is 11.5 Å². The van der Waals surface area contributed by atoms with Crippen molar-refractivity contribution in [1.82, 2.24) is 0 Å². The van der Waals surface area contributed by atoms with Crippen molar-refractivity contribution in [2.45, 2.75) is 46.5 Å². The molecule has 2 amide bonds. The van der Waals surface area contributed by atoms with Crippen molar-refractivity contribution in [3.63, 3.8) is 0 Å². The fourth-order valence-electron chi connectivity index (χ4n) is 8.80. The van der Waals surface area contributed by atoms with Gasteiger partial charge in [0, 0.05) is 31.6 Å². The van der Waals surface area contributed by atoms with Gasteiger partial charge in [0.2, 0.25) is 11.8 Å². The molecule has 1 saturated heterocycles. The molecule has 0 unspecified atom stereocenters. The van der Waals surface area contributed by atoms with Gasteiger partial charge in [-0.25, -0.2) is 0 Å². The van der Waals surface area contributed by atoms with Crippen molar-refractivity contribution >= 4 is 46.1 Å². The number of benzene rings is 3. The van der Waals surface area contributed by atoms with E-state index in [1.807, 2.05) is 63.2 Å². The number of phenols is 1. The zero-order chi connectivity index (χ0) is 36.4. The molecule has 3 aliphatic carbocycles. The number of imide groups is 1. The highest BCUT2D eigenvalue weighted by Gasteiger charge is 2.64. The number of fused-ring (bicyclic) bond motifs is 4. The summed E-state index contributed by atoms with van der Waals surface area (Å²) >= 11 is 0. The van der Waals surface area contributed by atoms with Crippen LogP contribution in [0.2, 0.25) is 0 Å². The fraction of sp³-hybridized carbons (Fsp3) is 0.366. The number of ether oxygens (including phenoxy) is 1. The van der Waals surface area contributed by atoms with E-state index in [9.17, 15) is 24.3 Å². The number of azo groups is 1. The number of allylic oxidation sites excluding steroid dienone is 4. The highest BCUT2D eigenvalue weighted by atomic mass is 16.5. The summed E-state index contributed by atoms with van der Waals surface area (Å²) in [6.07, 6.45) is 2.64. The molecule has 0 aromatic heterocycles. The van der Waals surface area contributed by atoms with E-state index >= 15 is 0 Å². The Morgan fingerprint density at radius 1 is 0.882 bits per heavy atom. The first kappa shape index (κ1) is 34.1. The number of aromatic hydroxyl groups is 1. The molecule has 1 N–H and O–H groups in total. The third-order valence-corrected chi connectivity index (χ3v) is 11.5. The van der Waals surface area contributed by atoms with E-state index in [-0.39, 0.29) is 41.3 Å². The maximum Gasteiger partial charge on any atom is 0.238 e. The number of carbonyl (C=O) groups excluding carboxylic acids is 4. The largest absolute Gasteiger partial charge is 0.504 e. The summed E-state index contributed by atoms with van der Waals surface area (Å²) in [4.78, 5) is 60.1. The summed E-state index contributed by atoms with van der Waals surface area (Å²) in [7, 11) is 3.93. The summed E-state index contributed by atoms with van der Waals surface area (Å²) in [5.41, 5.74) is 4.15. The molecule has 0 bridgehead atoms. The highest BCUT2D eigenvalue weighted by Crippen LogP contribution is 2.63. The standard InChI is InChI=1S/C41H42N4O6/c1-7-51-34-20-24(8-19-33(34)46)36-29-17-18-30-35(31(29)21-32-37(47)22(2)23(3)38(48)41(32,36)4)40(50)45(39(30)49)28-15-11-26(12-16-28)43-42-25-9-13-27(14-10-25)44(5)6/h8-17,19-20,30-32,35-36,46H,7,18,21H2,1-6H3/t30-,31+,32-,35-,36-,41+/m0/s1. The van der Waals surface area contributed by atoms with Crippen molar-refractivity contribution in [2.24, 2.45) is 39.3 Å². The van der Waals surface area contributed by atoms with E-state index in [2.05, 4.69) is 10.2 Å². The summed E-state index contributed by atoms with van der Waals surface area (Å²) < 4.78 is 5.73. The summed E-state index contributed by atoms with van der Waals surface area (Å²) in [5, 5.41) is 19.2. The Bertz CT molecular complexity index is 2050. The molecule has 1 aliphatic heterocycles. The Morgan fingerprint density at radius 2 is 1.53 bits per heavy atom. The maximum absolute atomic E-state index is 14.4. The average Bonchev–Trinajstić information content (AvgIpc) is 3.39. The molecule has 1 saturated carbocycles. The Balaban J connectivity index is 1.22. The van der Waals surface area contributed by atoms with Crippen LogP contribution in [-0.4, -0.2) is 49.2 Å². The molecular formula is C41H42N4O6. The third-order valence-electron chi connectivity index (χ3n) is 11.5. The van der Waals surface area contributed by atoms with E-state index in [1.165, 1.54) is 4.90 Å². The third kappa shape index (κ3) is 5.39. The van der Waals surface area contributed by atoms with Crippen LogP contribution in [0, 0.1) is 29.1 Å². The Kier molecular flexibility index (Phi) is 8.52. The van der Waals surface area contributed by atoms with Gasteiger partial charge < -0.3 is 14.7 Å². The van der Waals surface area contributed by atoms with Gasteiger partial charge in [-0.05, 0) is 117 Å². The minimum atomic E-state index is -1.12. The number of Topliss-reactive ketones (excluding diaryl/α,β-unsaturated/α-hetero) is 2. The predicted molar refractivity (Wildman–Crippen MR) is 194 cm³/mol. The van der Waals surface area contributed by atoms with E-state index in [4.69, 9.17) is 4.74 Å². The fourth-order valence-corrected chi connectivity index (χ4v) is 8.80. The Labute approximate surface area is 297 Å². The van der Waals surface area contributed by atoms with Crippen LogP contribution in [0.1, 0.15) is 52.0 Å². The van der Waals surface area contributed by atoms with Gasteiger partial charge in [-0.1, -0.05) is 24.6 Å². The molecule has 6 atom stereocenters. The number of ketones is 2. The number of hydrogen-bond acceptors (Lipinski definition) is 9. The molecule has 3 aromatic rings. The first-order valence-corrected chi connectivity index (χ1v) is 17.5. The highest BCUT2D eigenvalue weighted by molar-refractivity contribution is 6.22. The van der Waals surface area contributed by atoms with E-state index < -0.39 is 35.0 Å². The second kappa shape index (κ2) is 12.7. The van der Waals surface area contributed by atoms with E-state index in [0.717, 1.165) is 16.8 Å². The van der Waals surface area contributed by atoms with Gasteiger partial charge in [0.1, 0.15) is 0 Å². The summed E-state index contributed by atoms with van der Waals surface area (Å²) in [6, 6.07) is 19.6. The van der Waals surface area contributed by atoms with Crippen LogP contribution in [0.4, 0.5) is 22.7 Å². The topological polar surface area (TPSA) is 129 Å². The molecule has 7 rings (SSSR count). The quantitative estimate of drug-likeness (QED) is 0.154. The minimum absolute atomic E-state index is 0.0244. The van der Waals surface area contributed by atoms with Gasteiger partial charge in [-0.2, -0.15) is 10.2 Å². The number of nitrogens with zero attached hydrogens (tertiary/aromatic N) is 4. The summed E-state index contributed by atoms with van der Waals surface area (Å²) in [5.74, 6) is -3.49. The molecule has 2 fully saturated rings. The van der Waals surface area contributed by atoms with Gasteiger partial charge >= 0.3 is 0 Å². The van der Waals surface area contributed by atoms with Crippen LogP contribution in [0.25, 0.3) is 0 Å². The molecule has 262 valence electrons. The number of amides is 2. The van der Waals surface area contributed by atoms with Gasteiger partial charge in [0.15, 0.2) is 23.1 Å². The molecule has 51 heavy (non-hydrogen) atoms. The Hall–Kier alpha value is -5.38. The predicted octanol–water partition coefficient (Wildman–Crippen LogP) is 7.62.